The summed E-state index contributed by atoms with van der Waals surface area (Å²) in [5.74, 6) is 1.17. The van der Waals surface area contributed by atoms with Crippen molar-refractivity contribution in [1.82, 2.24) is 15.5 Å². The normalized spacial score (nSPS) is 16.3. The number of piperidine rings is 1. The lowest BCUT2D eigenvalue weighted by Crippen LogP contribution is -2.53. The van der Waals surface area contributed by atoms with Gasteiger partial charge in [0.2, 0.25) is 5.91 Å². The van der Waals surface area contributed by atoms with Gasteiger partial charge in [-0.05, 0) is 69.5 Å². The standard InChI is InChI=1S/C21H33N3O3/c1-5-27-18-8-6-17(7-9-18)20(25)23-19(15(2)3)21(26)24-12-10-16(11-13-24)14-22-4/h6-9,15-16,19,22H,5,10-14H2,1-4H3,(H,23,25). The van der Waals surface area contributed by atoms with Crippen molar-refractivity contribution in [2.75, 3.05) is 33.3 Å². The van der Waals surface area contributed by atoms with Crippen LogP contribution in [-0.2, 0) is 4.79 Å². The molecule has 1 heterocycles. The SMILES string of the molecule is CCOc1ccc(C(=O)NC(C(=O)N2CCC(CNC)CC2)C(C)C)cc1. The molecule has 6 heteroatoms. The average Bonchev–Trinajstić information content (AvgIpc) is 2.67. The number of nitrogens with zero attached hydrogens (tertiary/aromatic N) is 1. The summed E-state index contributed by atoms with van der Waals surface area (Å²) in [6.07, 6.45) is 2.01. The molecule has 2 N–H and O–H groups in total. The summed E-state index contributed by atoms with van der Waals surface area (Å²) in [5.41, 5.74) is 0.532. The molecule has 6 nitrogen and oxygen atoms in total. The summed E-state index contributed by atoms with van der Waals surface area (Å²) < 4.78 is 5.41. The van der Waals surface area contributed by atoms with Crippen LogP contribution in [0.4, 0.5) is 0 Å². The second-order valence-electron chi connectivity index (χ2n) is 7.48. The summed E-state index contributed by atoms with van der Waals surface area (Å²) in [7, 11) is 1.96. The van der Waals surface area contributed by atoms with Crippen LogP contribution in [0.3, 0.4) is 0 Å². The third-order valence-electron chi connectivity index (χ3n) is 5.07. The first-order valence-corrected chi connectivity index (χ1v) is 9.93. The smallest absolute Gasteiger partial charge is 0.251 e. The number of hydrogen-bond donors (Lipinski definition) is 2. The van der Waals surface area contributed by atoms with Gasteiger partial charge in [0.15, 0.2) is 0 Å². The van der Waals surface area contributed by atoms with E-state index in [2.05, 4.69) is 10.6 Å². The predicted octanol–water partition coefficient (Wildman–Crippen LogP) is 2.30. The van der Waals surface area contributed by atoms with Gasteiger partial charge >= 0.3 is 0 Å². The minimum absolute atomic E-state index is 0.0206. The lowest BCUT2D eigenvalue weighted by atomic mass is 9.95. The number of nitrogens with one attached hydrogen (secondary N) is 2. The van der Waals surface area contributed by atoms with E-state index in [4.69, 9.17) is 4.74 Å². The number of carbonyl (C=O) groups excluding carboxylic acids is 2. The van der Waals surface area contributed by atoms with E-state index in [9.17, 15) is 9.59 Å². The molecular weight excluding hydrogens is 342 g/mol. The molecule has 1 unspecified atom stereocenters. The number of amides is 2. The maximum atomic E-state index is 13.0. The van der Waals surface area contributed by atoms with Crippen LogP contribution in [0.25, 0.3) is 0 Å². The van der Waals surface area contributed by atoms with Crippen molar-refractivity contribution >= 4 is 11.8 Å². The molecule has 1 aliphatic rings. The molecule has 0 radical (unpaired) electrons. The highest BCUT2D eigenvalue weighted by Crippen LogP contribution is 2.19. The van der Waals surface area contributed by atoms with Crippen molar-refractivity contribution in [1.29, 1.82) is 0 Å². The van der Waals surface area contributed by atoms with E-state index in [-0.39, 0.29) is 17.7 Å². The zero-order valence-corrected chi connectivity index (χ0v) is 17.0. The van der Waals surface area contributed by atoms with Gasteiger partial charge in [0.25, 0.3) is 5.91 Å². The fourth-order valence-corrected chi connectivity index (χ4v) is 3.45. The first-order valence-electron chi connectivity index (χ1n) is 9.93. The fourth-order valence-electron chi connectivity index (χ4n) is 3.45. The minimum Gasteiger partial charge on any atom is -0.494 e. The molecular formula is C21H33N3O3. The first kappa shape index (κ1) is 21.2. The molecule has 2 amide bonds. The summed E-state index contributed by atoms with van der Waals surface area (Å²) in [4.78, 5) is 27.5. The van der Waals surface area contributed by atoms with Crippen molar-refractivity contribution in [2.24, 2.45) is 11.8 Å². The molecule has 0 saturated carbocycles. The third-order valence-corrected chi connectivity index (χ3v) is 5.07. The van der Waals surface area contributed by atoms with Gasteiger partial charge in [0.05, 0.1) is 6.61 Å². The highest BCUT2D eigenvalue weighted by atomic mass is 16.5. The van der Waals surface area contributed by atoms with Gasteiger partial charge in [-0.15, -0.1) is 0 Å². The number of ether oxygens (including phenoxy) is 1. The van der Waals surface area contributed by atoms with Crippen LogP contribution >= 0.6 is 0 Å². The molecule has 150 valence electrons. The van der Waals surface area contributed by atoms with E-state index in [0.29, 0.717) is 18.1 Å². The van der Waals surface area contributed by atoms with Crippen LogP contribution in [0, 0.1) is 11.8 Å². The number of likely N-dealkylation sites (tertiary alicyclic amines) is 1. The van der Waals surface area contributed by atoms with Gasteiger partial charge in [-0.25, -0.2) is 0 Å². The molecule has 27 heavy (non-hydrogen) atoms. The molecule has 1 aromatic rings. The molecule has 1 atom stereocenters. The van der Waals surface area contributed by atoms with Crippen LogP contribution in [0.1, 0.15) is 44.0 Å². The number of rotatable bonds is 8. The molecule has 0 bridgehead atoms. The Kier molecular flexibility index (Phi) is 8.10. The maximum absolute atomic E-state index is 13.0. The highest BCUT2D eigenvalue weighted by molar-refractivity contribution is 5.97. The fraction of sp³-hybridized carbons (Fsp3) is 0.619. The largest absolute Gasteiger partial charge is 0.494 e. The van der Waals surface area contributed by atoms with Crippen molar-refractivity contribution < 1.29 is 14.3 Å². The van der Waals surface area contributed by atoms with Gasteiger partial charge in [-0.3, -0.25) is 9.59 Å². The Labute approximate surface area is 162 Å². The highest BCUT2D eigenvalue weighted by Gasteiger charge is 2.31. The molecule has 0 aliphatic carbocycles. The zero-order chi connectivity index (χ0) is 19.8. The molecule has 1 aromatic carbocycles. The number of benzene rings is 1. The van der Waals surface area contributed by atoms with Gasteiger partial charge in [-0.1, -0.05) is 13.8 Å². The van der Waals surface area contributed by atoms with E-state index in [0.717, 1.165) is 38.2 Å². The van der Waals surface area contributed by atoms with Crippen LogP contribution in [-0.4, -0.2) is 56.0 Å². The van der Waals surface area contributed by atoms with Crippen LogP contribution < -0.4 is 15.4 Å². The Morgan fingerprint density at radius 1 is 1.19 bits per heavy atom. The Bertz CT molecular complexity index is 608. The lowest BCUT2D eigenvalue weighted by Gasteiger charge is -2.35. The van der Waals surface area contributed by atoms with Crippen LogP contribution in [0.2, 0.25) is 0 Å². The number of carbonyl (C=O) groups is 2. The first-order chi connectivity index (χ1) is 13.0. The second kappa shape index (κ2) is 10.3. The quantitative estimate of drug-likeness (QED) is 0.731. The topological polar surface area (TPSA) is 70.7 Å². The van der Waals surface area contributed by atoms with Crippen molar-refractivity contribution in [2.45, 2.75) is 39.7 Å². The van der Waals surface area contributed by atoms with Crippen molar-refractivity contribution in [3.63, 3.8) is 0 Å². The van der Waals surface area contributed by atoms with E-state index in [1.807, 2.05) is 32.7 Å². The zero-order valence-electron chi connectivity index (χ0n) is 17.0. The minimum atomic E-state index is -0.509. The summed E-state index contributed by atoms with van der Waals surface area (Å²) >= 11 is 0. The summed E-state index contributed by atoms with van der Waals surface area (Å²) in [6.45, 7) is 8.94. The van der Waals surface area contributed by atoms with Crippen LogP contribution in [0.5, 0.6) is 5.75 Å². The second-order valence-corrected chi connectivity index (χ2v) is 7.48. The van der Waals surface area contributed by atoms with E-state index in [1.54, 1.807) is 24.3 Å². The van der Waals surface area contributed by atoms with E-state index < -0.39 is 6.04 Å². The molecule has 2 rings (SSSR count). The lowest BCUT2D eigenvalue weighted by molar-refractivity contribution is -0.135. The van der Waals surface area contributed by atoms with Gasteiger partial charge in [0.1, 0.15) is 11.8 Å². The molecule has 0 aromatic heterocycles. The monoisotopic (exact) mass is 375 g/mol. The van der Waals surface area contributed by atoms with Gasteiger partial charge in [0, 0.05) is 18.7 Å². The van der Waals surface area contributed by atoms with Crippen molar-refractivity contribution in [3.05, 3.63) is 29.8 Å². The Balaban J connectivity index is 1.98. The summed E-state index contributed by atoms with van der Waals surface area (Å²) in [6, 6.07) is 6.50. The third kappa shape index (κ3) is 5.96. The molecule has 0 spiro atoms. The maximum Gasteiger partial charge on any atom is 0.251 e. The predicted molar refractivity (Wildman–Crippen MR) is 107 cm³/mol. The van der Waals surface area contributed by atoms with E-state index in [1.165, 1.54) is 0 Å². The molecule has 1 saturated heterocycles. The van der Waals surface area contributed by atoms with Crippen LogP contribution in [0.15, 0.2) is 24.3 Å². The Morgan fingerprint density at radius 3 is 2.33 bits per heavy atom. The molecule has 1 fully saturated rings. The Hall–Kier alpha value is -2.08. The van der Waals surface area contributed by atoms with Gasteiger partial charge < -0.3 is 20.3 Å². The molecule has 1 aliphatic heterocycles. The van der Waals surface area contributed by atoms with Gasteiger partial charge in [-0.2, -0.15) is 0 Å². The Morgan fingerprint density at radius 2 is 1.81 bits per heavy atom. The summed E-state index contributed by atoms with van der Waals surface area (Å²) in [5, 5.41) is 6.14. The average molecular weight is 376 g/mol. The number of hydrogen-bond acceptors (Lipinski definition) is 4. The van der Waals surface area contributed by atoms with E-state index >= 15 is 0 Å². The van der Waals surface area contributed by atoms with Crippen molar-refractivity contribution in [3.8, 4) is 5.75 Å².